The Morgan fingerprint density at radius 2 is 1.85 bits per heavy atom. The van der Waals surface area contributed by atoms with Gasteiger partial charge in [0.05, 0.1) is 17.3 Å². The smallest absolute Gasteiger partial charge is 0.303 e. The molecular weight excluding hydrogens is 461 g/mol. The van der Waals surface area contributed by atoms with Crippen molar-refractivity contribution in [2.24, 2.45) is 5.16 Å². The average molecular weight is 488 g/mol. The number of benzene rings is 2. The van der Waals surface area contributed by atoms with Gasteiger partial charge in [-0.25, -0.2) is 17.8 Å². The van der Waals surface area contributed by atoms with Gasteiger partial charge in [-0.3, -0.25) is 4.79 Å². The molecule has 3 rings (SSSR count). The van der Waals surface area contributed by atoms with Gasteiger partial charge in [-0.2, -0.15) is 0 Å². The first-order chi connectivity index (χ1) is 16.2. The molecule has 0 amide bonds. The van der Waals surface area contributed by atoms with Crippen LogP contribution in [0, 0.1) is 5.82 Å². The van der Waals surface area contributed by atoms with Crippen molar-refractivity contribution < 1.29 is 27.5 Å². The number of hydrogen-bond acceptors (Lipinski definition) is 6. The number of aromatic nitrogens is 2. The third-order valence-corrected chi connectivity index (χ3v) is 6.29. The molecule has 0 aliphatic rings. The highest BCUT2D eigenvalue weighted by Gasteiger charge is 2.22. The van der Waals surface area contributed by atoms with Gasteiger partial charge in [0.2, 0.25) is 0 Å². The molecule has 1 atom stereocenters. The summed E-state index contributed by atoms with van der Waals surface area (Å²) in [6, 6.07) is 12.1. The first kappa shape index (κ1) is 25.1. The van der Waals surface area contributed by atoms with Crippen LogP contribution in [0.2, 0.25) is 0 Å². The third-order valence-electron chi connectivity index (χ3n) is 5.16. The Kier molecular flexibility index (Phi) is 8.53. The molecule has 34 heavy (non-hydrogen) atoms. The summed E-state index contributed by atoms with van der Waals surface area (Å²) in [4.78, 5) is 20.6. The molecule has 0 saturated carbocycles. The van der Waals surface area contributed by atoms with Crippen LogP contribution >= 0.6 is 0 Å². The zero-order valence-corrected chi connectivity index (χ0v) is 19.5. The van der Waals surface area contributed by atoms with Crippen LogP contribution in [-0.4, -0.2) is 47.6 Å². The minimum atomic E-state index is -3.37. The summed E-state index contributed by atoms with van der Waals surface area (Å²) in [6.45, 7) is 0.228. The maximum Gasteiger partial charge on any atom is 0.303 e. The van der Waals surface area contributed by atoms with E-state index >= 15 is 0 Å². The van der Waals surface area contributed by atoms with Crippen LogP contribution < -0.4 is 0 Å². The maximum absolute atomic E-state index is 13.4. The van der Waals surface area contributed by atoms with Crippen LogP contribution in [0.15, 0.2) is 77.3 Å². The van der Waals surface area contributed by atoms with Gasteiger partial charge in [0.1, 0.15) is 18.1 Å². The van der Waals surface area contributed by atoms with Crippen LogP contribution in [-0.2, 0) is 25.9 Å². The van der Waals surface area contributed by atoms with E-state index in [2.05, 4.69) is 10.1 Å². The zero-order valence-electron chi connectivity index (χ0n) is 18.7. The fourth-order valence-electron chi connectivity index (χ4n) is 3.38. The van der Waals surface area contributed by atoms with Crippen LogP contribution in [0.3, 0.4) is 0 Å². The minimum Gasteiger partial charge on any atom is -0.481 e. The molecule has 0 bridgehead atoms. The lowest BCUT2D eigenvalue weighted by Crippen LogP contribution is -2.23. The van der Waals surface area contributed by atoms with Crippen molar-refractivity contribution in [3.63, 3.8) is 0 Å². The highest BCUT2D eigenvalue weighted by Crippen LogP contribution is 2.23. The number of unbranched alkanes of at least 4 members (excludes halogenated alkanes) is 1. The summed E-state index contributed by atoms with van der Waals surface area (Å²) in [5.41, 5.74) is 2.04. The molecule has 1 N–H and O–H groups in total. The van der Waals surface area contributed by atoms with Crippen molar-refractivity contribution in [3.05, 3.63) is 84.2 Å². The molecule has 3 aromatic rings. The molecule has 0 saturated heterocycles. The molecule has 0 aliphatic heterocycles. The number of carboxylic acid groups (broad SMARTS) is 1. The largest absolute Gasteiger partial charge is 0.481 e. The fourth-order valence-corrected chi connectivity index (χ4v) is 4.01. The van der Waals surface area contributed by atoms with E-state index in [0.29, 0.717) is 30.5 Å². The first-order valence-corrected chi connectivity index (χ1v) is 12.6. The Bertz CT molecular complexity index is 1210. The third kappa shape index (κ3) is 7.24. The van der Waals surface area contributed by atoms with Crippen molar-refractivity contribution in [1.82, 2.24) is 9.55 Å². The van der Waals surface area contributed by atoms with Gasteiger partial charge >= 0.3 is 5.97 Å². The van der Waals surface area contributed by atoms with Gasteiger partial charge in [0.25, 0.3) is 0 Å². The number of oxime groups is 1. The summed E-state index contributed by atoms with van der Waals surface area (Å²) in [6.07, 6.45) is 7.67. The van der Waals surface area contributed by atoms with Crippen LogP contribution in [0.1, 0.15) is 36.4 Å². The molecule has 10 heteroatoms. The lowest BCUT2D eigenvalue weighted by Gasteiger charge is -2.21. The van der Waals surface area contributed by atoms with E-state index in [-0.39, 0.29) is 29.8 Å². The van der Waals surface area contributed by atoms with Crippen LogP contribution in [0.5, 0.6) is 0 Å². The van der Waals surface area contributed by atoms with Crippen molar-refractivity contribution in [2.75, 3.05) is 12.9 Å². The van der Waals surface area contributed by atoms with Crippen molar-refractivity contribution in [3.8, 4) is 0 Å². The number of imidazole rings is 1. The Balaban J connectivity index is 1.93. The molecule has 0 radical (unpaired) electrons. The second kappa shape index (κ2) is 11.6. The fraction of sp³-hybridized carbons (Fsp3) is 0.292. The molecule has 1 heterocycles. The Hall–Kier alpha value is -3.53. The second-order valence-corrected chi connectivity index (χ2v) is 9.83. The minimum absolute atomic E-state index is 0.0507. The number of hydrogen-bond donors (Lipinski definition) is 1. The summed E-state index contributed by atoms with van der Waals surface area (Å²) in [5.74, 6) is -1.20. The summed E-state index contributed by atoms with van der Waals surface area (Å²) in [5, 5.41) is 13.1. The van der Waals surface area contributed by atoms with Gasteiger partial charge in [-0.15, -0.1) is 0 Å². The second-order valence-electron chi connectivity index (χ2n) is 7.81. The topological polar surface area (TPSA) is 111 Å². The quantitative estimate of drug-likeness (QED) is 0.236. The van der Waals surface area contributed by atoms with E-state index in [1.807, 2.05) is 4.57 Å². The highest BCUT2D eigenvalue weighted by molar-refractivity contribution is 7.90. The summed E-state index contributed by atoms with van der Waals surface area (Å²) >= 11 is 0. The molecule has 8 nitrogen and oxygen atoms in total. The number of aliphatic carboxylic acids is 1. The predicted molar refractivity (Wildman–Crippen MR) is 125 cm³/mol. The number of halogens is 1. The molecular formula is C24H26FN3O5S. The molecule has 0 fully saturated rings. The standard InChI is InChI=1S/C24H26FN3O5S/c1-34(31,32)21-11-7-19(8-12-21)24(27-33-15-3-2-4-23(29)30)22(28-14-13-26-17-28)16-18-5-9-20(25)10-6-18/h5-14,17,22H,2-4,15-16H2,1H3,(H,29,30). The number of sulfone groups is 1. The van der Waals surface area contributed by atoms with E-state index in [1.165, 1.54) is 24.3 Å². The van der Waals surface area contributed by atoms with E-state index < -0.39 is 15.8 Å². The summed E-state index contributed by atoms with van der Waals surface area (Å²) < 4.78 is 39.0. The Labute approximate surface area is 197 Å². The maximum atomic E-state index is 13.4. The predicted octanol–water partition coefficient (Wildman–Crippen LogP) is 3.89. The zero-order chi connectivity index (χ0) is 24.6. The van der Waals surface area contributed by atoms with E-state index in [4.69, 9.17) is 9.94 Å². The van der Waals surface area contributed by atoms with Gasteiger partial charge in [0, 0.05) is 30.6 Å². The van der Waals surface area contributed by atoms with Crippen LogP contribution in [0.25, 0.3) is 0 Å². The molecule has 180 valence electrons. The van der Waals surface area contributed by atoms with Gasteiger partial charge in [-0.05, 0) is 49.1 Å². The SMILES string of the molecule is CS(=O)(=O)c1ccc(C(=NOCCCCC(=O)O)C(Cc2ccc(F)cc2)n2ccnc2)cc1. The molecule has 1 aromatic heterocycles. The molecule has 1 unspecified atom stereocenters. The van der Waals surface area contributed by atoms with Gasteiger partial charge in [-0.1, -0.05) is 29.4 Å². The Morgan fingerprint density at radius 3 is 2.44 bits per heavy atom. The number of rotatable bonds is 12. The van der Waals surface area contributed by atoms with Gasteiger partial charge < -0.3 is 14.5 Å². The van der Waals surface area contributed by atoms with E-state index in [0.717, 1.165) is 11.8 Å². The van der Waals surface area contributed by atoms with Crippen molar-refractivity contribution in [1.29, 1.82) is 0 Å². The molecule has 0 spiro atoms. The summed E-state index contributed by atoms with van der Waals surface area (Å²) in [7, 11) is -3.37. The Morgan fingerprint density at radius 1 is 1.15 bits per heavy atom. The van der Waals surface area contributed by atoms with E-state index in [9.17, 15) is 17.6 Å². The number of carbonyl (C=O) groups is 1. The first-order valence-electron chi connectivity index (χ1n) is 10.7. The monoisotopic (exact) mass is 487 g/mol. The number of carboxylic acids is 1. The van der Waals surface area contributed by atoms with E-state index in [1.54, 1.807) is 43.0 Å². The number of nitrogens with zero attached hydrogens (tertiary/aromatic N) is 3. The molecule has 0 aliphatic carbocycles. The van der Waals surface area contributed by atoms with Crippen molar-refractivity contribution in [2.45, 2.75) is 36.6 Å². The normalized spacial score (nSPS) is 12.9. The van der Waals surface area contributed by atoms with Crippen LogP contribution in [0.4, 0.5) is 4.39 Å². The van der Waals surface area contributed by atoms with Gasteiger partial charge in [0.15, 0.2) is 9.84 Å². The average Bonchev–Trinajstić information content (AvgIpc) is 3.33. The lowest BCUT2D eigenvalue weighted by molar-refractivity contribution is -0.137. The van der Waals surface area contributed by atoms with Crippen molar-refractivity contribution >= 4 is 21.5 Å². The highest BCUT2D eigenvalue weighted by atomic mass is 32.2. The molecule has 2 aromatic carbocycles. The lowest BCUT2D eigenvalue weighted by atomic mass is 9.96.